The predicted octanol–water partition coefficient (Wildman–Crippen LogP) is 7.52. The van der Waals surface area contributed by atoms with Crippen LogP contribution in [0.2, 0.25) is 5.02 Å². The van der Waals surface area contributed by atoms with Gasteiger partial charge in [-0.15, -0.1) is 0 Å². The molecule has 37 heavy (non-hydrogen) atoms. The first kappa shape index (κ1) is 24.1. The number of benzene rings is 3. The molecule has 1 unspecified atom stereocenters. The van der Waals surface area contributed by atoms with E-state index >= 15 is 0 Å². The van der Waals surface area contributed by atoms with Crippen LogP contribution in [0.1, 0.15) is 42.9 Å². The van der Waals surface area contributed by atoms with Crippen LogP contribution in [0.5, 0.6) is 17.2 Å². The Balaban J connectivity index is 1.49. The summed E-state index contributed by atoms with van der Waals surface area (Å²) in [6.07, 6.45) is -1.34. The van der Waals surface area contributed by atoms with E-state index in [4.69, 9.17) is 25.8 Å². The number of rotatable bonds is 6. The Morgan fingerprint density at radius 3 is 2.57 bits per heavy atom. The van der Waals surface area contributed by atoms with E-state index in [9.17, 15) is 13.2 Å². The van der Waals surface area contributed by atoms with Crippen molar-refractivity contribution >= 4 is 28.7 Å². The van der Waals surface area contributed by atoms with E-state index in [0.29, 0.717) is 36.1 Å². The fourth-order valence-electron chi connectivity index (χ4n) is 5.69. The van der Waals surface area contributed by atoms with Crippen LogP contribution in [0.4, 0.5) is 30.2 Å². The Morgan fingerprint density at radius 1 is 0.973 bits per heavy atom. The third-order valence-corrected chi connectivity index (χ3v) is 7.61. The van der Waals surface area contributed by atoms with Gasteiger partial charge in [-0.3, -0.25) is 0 Å². The summed E-state index contributed by atoms with van der Waals surface area (Å²) in [5.74, 6) is 2.00. The van der Waals surface area contributed by atoms with E-state index in [2.05, 4.69) is 17.1 Å². The van der Waals surface area contributed by atoms with Gasteiger partial charge in [0.1, 0.15) is 12.4 Å². The zero-order chi connectivity index (χ0) is 25.8. The Bertz CT molecular complexity index is 1360. The largest absolute Gasteiger partial charge is 0.492 e. The molecule has 3 aromatic rings. The lowest BCUT2D eigenvalue weighted by molar-refractivity contribution is -0.136. The van der Waals surface area contributed by atoms with Gasteiger partial charge in [0.05, 0.1) is 16.7 Å². The molecule has 3 aliphatic heterocycles. The van der Waals surface area contributed by atoms with Crippen molar-refractivity contribution in [3.63, 3.8) is 0 Å². The van der Waals surface area contributed by atoms with Crippen molar-refractivity contribution in [1.29, 1.82) is 0 Å². The number of hydrogen-bond acceptors (Lipinski definition) is 5. The normalized spacial score (nSPS) is 19.2. The summed E-state index contributed by atoms with van der Waals surface area (Å²) >= 11 is 5.93. The summed E-state index contributed by atoms with van der Waals surface area (Å²) in [6, 6.07) is 13.4. The molecule has 0 saturated carbocycles. The summed E-state index contributed by atoms with van der Waals surface area (Å²) in [5, 5.41) is 3.14. The van der Waals surface area contributed by atoms with Gasteiger partial charge in [-0.2, -0.15) is 13.2 Å². The average molecular weight is 531 g/mol. The zero-order valence-electron chi connectivity index (χ0n) is 20.3. The van der Waals surface area contributed by atoms with Crippen LogP contribution in [0.3, 0.4) is 0 Å². The summed E-state index contributed by atoms with van der Waals surface area (Å²) in [5.41, 5.74) is 2.05. The molecule has 0 fully saturated rings. The molecule has 1 atom stereocenters. The van der Waals surface area contributed by atoms with Gasteiger partial charge in [-0.05, 0) is 42.8 Å². The molecule has 6 rings (SSSR count). The lowest BCUT2D eigenvalue weighted by Crippen LogP contribution is -2.36. The van der Waals surface area contributed by atoms with Gasteiger partial charge in [0.15, 0.2) is 11.5 Å². The Kier molecular flexibility index (Phi) is 5.82. The Morgan fingerprint density at radius 2 is 1.78 bits per heavy atom. The summed E-state index contributed by atoms with van der Waals surface area (Å²) in [7, 11) is 0. The van der Waals surface area contributed by atoms with Crippen LogP contribution in [-0.2, 0) is 11.6 Å². The predicted molar refractivity (Wildman–Crippen MR) is 137 cm³/mol. The second-order valence-corrected chi connectivity index (χ2v) is 10.1. The minimum atomic E-state index is -4.56. The topological polar surface area (TPSA) is 43.0 Å². The van der Waals surface area contributed by atoms with Crippen molar-refractivity contribution in [1.82, 2.24) is 0 Å². The first-order valence-electron chi connectivity index (χ1n) is 12.4. The van der Waals surface area contributed by atoms with E-state index in [-0.39, 0.29) is 17.5 Å². The lowest BCUT2D eigenvalue weighted by Gasteiger charge is -2.27. The maximum Gasteiger partial charge on any atom is 0.418 e. The van der Waals surface area contributed by atoms with Crippen molar-refractivity contribution in [2.24, 2.45) is 0 Å². The highest BCUT2D eigenvalue weighted by Gasteiger charge is 2.52. The van der Waals surface area contributed by atoms with Crippen molar-refractivity contribution in [2.45, 2.75) is 37.8 Å². The molecule has 3 aromatic carbocycles. The minimum absolute atomic E-state index is 0.0314. The van der Waals surface area contributed by atoms with Crippen molar-refractivity contribution in [3.8, 4) is 17.2 Å². The Hall–Kier alpha value is -3.26. The molecule has 1 spiro atoms. The van der Waals surface area contributed by atoms with E-state index in [1.807, 2.05) is 30.3 Å². The van der Waals surface area contributed by atoms with Crippen LogP contribution in [0, 0.1) is 0 Å². The number of anilines is 3. The van der Waals surface area contributed by atoms with Gasteiger partial charge in [0.25, 0.3) is 0 Å². The molecule has 0 aromatic heterocycles. The molecular formula is C28H26ClF3N2O3. The highest BCUT2D eigenvalue weighted by Crippen LogP contribution is 2.57. The van der Waals surface area contributed by atoms with Gasteiger partial charge >= 0.3 is 6.18 Å². The van der Waals surface area contributed by atoms with Crippen molar-refractivity contribution in [2.75, 3.05) is 36.7 Å². The van der Waals surface area contributed by atoms with Crippen LogP contribution in [0.15, 0.2) is 48.5 Å². The van der Waals surface area contributed by atoms with Gasteiger partial charge in [0.2, 0.25) is 6.79 Å². The van der Waals surface area contributed by atoms with E-state index < -0.39 is 17.2 Å². The standard InChI is InChI=1S/C28H26ClF3N2O3/c1-2-3-4-10-34-14-27(15-35-23-13-25-24(12-19(23)27)36-16-37-25)26-21(6-5-7-22(26)34)33-20-9-8-17(29)11-18(20)28(30,31)32/h5-9,11-13,33H,2-4,10,14-16H2,1H3. The first-order valence-corrected chi connectivity index (χ1v) is 12.8. The van der Waals surface area contributed by atoms with Crippen LogP contribution in [0.25, 0.3) is 0 Å². The summed E-state index contributed by atoms with van der Waals surface area (Å²) in [4.78, 5) is 2.33. The van der Waals surface area contributed by atoms with Gasteiger partial charge in [0, 0.05) is 46.7 Å². The lowest BCUT2D eigenvalue weighted by atomic mass is 9.76. The first-order chi connectivity index (χ1) is 17.8. The number of hydrogen-bond donors (Lipinski definition) is 1. The molecule has 3 aliphatic rings. The smallest absolute Gasteiger partial charge is 0.418 e. The number of alkyl halides is 3. The monoisotopic (exact) mass is 530 g/mol. The maximum atomic E-state index is 13.9. The number of ether oxygens (including phenoxy) is 3. The summed E-state index contributed by atoms with van der Waals surface area (Å²) in [6.45, 7) is 4.18. The van der Waals surface area contributed by atoms with E-state index in [1.54, 1.807) is 0 Å². The molecule has 0 saturated heterocycles. The van der Waals surface area contributed by atoms with Crippen LogP contribution in [-0.4, -0.2) is 26.5 Å². The maximum absolute atomic E-state index is 13.9. The SMILES string of the molecule is CCCCCN1CC2(COc3cc4c(cc32)OCO4)c2c(Nc3ccc(Cl)cc3C(F)(F)F)cccc21. The van der Waals surface area contributed by atoms with Gasteiger partial charge in [-0.1, -0.05) is 37.4 Å². The molecule has 0 aliphatic carbocycles. The third kappa shape index (κ3) is 4.02. The second-order valence-electron chi connectivity index (χ2n) is 9.71. The Labute approximate surface area is 218 Å². The fourth-order valence-corrected chi connectivity index (χ4v) is 5.86. The molecule has 5 nitrogen and oxygen atoms in total. The second kappa shape index (κ2) is 8.94. The van der Waals surface area contributed by atoms with Crippen molar-refractivity contribution in [3.05, 3.63) is 70.2 Å². The highest BCUT2D eigenvalue weighted by molar-refractivity contribution is 6.30. The molecule has 1 N–H and O–H groups in total. The van der Waals surface area contributed by atoms with Crippen molar-refractivity contribution < 1.29 is 27.4 Å². The van der Waals surface area contributed by atoms with Crippen LogP contribution >= 0.6 is 11.6 Å². The number of unbranched alkanes of at least 4 members (excludes halogenated alkanes) is 2. The molecule has 194 valence electrons. The van der Waals surface area contributed by atoms with Gasteiger partial charge < -0.3 is 24.4 Å². The number of nitrogens with one attached hydrogen (secondary N) is 1. The molecule has 0 bridgehead atoms. The molecular weight excluding hydrogens is 505 g/mol. The zero-order valence-corrected chi connectivity index (χ0v) is 21.0. The minimum Gasteiger partial charge on any atom is -0.492 e. The molecule has 3 heterocycles. The number of fused-ring (bicyclic) bond motifs is 5. The van der Waals surface area contributed by atoms with E-state index in [0.717, 1.165) is 48.7 Å². The van der Waals surface area contributed by atoms with Crippen LogP contribution < -0.4 is 24.4 Å². The molecule has 9 heteroatoms. The quantitative estimate of drug-likeness (QED) is 0.334. The third-order valence-electron chi connectivity index (χ3n) is 7.37. The number of halogens is 4. The summed E-state index contributed by atoms with van der Waals surface area (Å²) < 4.78 is 59.1. The molecule has 0 amide bonds. The molecule has 0 radical (unpaired) electrons. The number of nitrogens with zero attached hydrogens (tertiary/aromatic N) is 1. The fraction of sp³-hybridized carbons (Fsp3) is 0.357. The average Bonchev–Trinajstić information content (AvgIpc) is 3.55. The van der Waals surface area contributed by atoms with E-state index in [1.165, 1.54) is 12.1 Å². The van der Waals surface area contributed by atoms with Gasteiger partial charge in [-0.25, -0.2) is 0 Å². The highest BCUT2D eigenvalue weighted by atomic mass is 35.5.